The molecular formula is C11H9Br2N7. The van der Waals surface area contributed by atoms with Crippen LogP contribution in [0.15, 0.2) is 33.3 Å². The fourth-order valence-electron chi connectivity index (χ4n) is 1.72. The molecule has 3 rings (SSSR count). The Labute approximate surface area is 130 Å². The van der Waals surface area contributed by atoms with Gasteiger partial charge in [0.25, 0.3) is 0 Å². The topological polar surface area (TPSA) is 105 Å². The summed E-state index contributed by atoms with van der Waals surface area (Å²) in [5, 5.41) is 10.8. The first kappa shape index (κ1) is 13.3. The van der Waals surface area contributed by atoms with Crippen LogP contribution >= 0.6 is 31.9 Å². The number of aromatic amines is 1. The molecule has 0 bridgehead atoms. The Balaban J connectivity index is 2.09. The van der Waals surface area contributed by atoms with Gasteiger partial charge in [0.2, 0.25) is 5.95 Å². The van der Waals surface area contributed by atoms with E-state index in [1.807, 2.05) is 18.2 Å². The first-order valence-corrected chi connectivity index (χ1v) is 7.16. The van der Waals surface area contributed by atoms with E-state index in [0.717, 1.165) is 20.0 Å². The van der Waals surface area contributed by atoms with Crippen LogP contribution in [0, 0.1) is 0 Å². The lowest BCUT2D eigenvalue weighted by atomic mass is 10.3. The molecule has 0 saturated carbocycles. The molecule has 0 aliphatic rings. The quantitative estimate of drug-likeness (QED) is 0.399. The number of fused-ring (bicyclic) bond motifs is 1. The molecule has 0 atom stereocenters. The van der Waals surface area contributed by atoms with Gasteiger partial charge in [-0.1, -0.05) is 15.9 Å². The molecule has 0 unspecified atom stereocenters. The minimum Gasteiger partial charge on any atom is -0.338 e. The number of hydrazine groups is 1. The molecule has 3 aromatic rings. The lowest BCUT2D eigenvalue weighted by Crippen LogP contribution is -2.11. The van der Waals surface area contributed by atoms with E-state index in [4.69, 9.17) is 5.84 Å². The first-order chi connectivity index (χ1) is 9.67. The summed E-state index contributed by atoms with van der Waals surface area (Å²) in [4.78, 5) is 8.47. The number of halogens is 2. The van der Waals surface area contributed by atoms with Gasteiger partial charge in [-0.2, -0.15) is 15.1 Å². The largest absolute Gasteiger partial charge is 0.338 e. The van der Waals surface area contributed by atoms with E-state index in [1.54, 1.807) is 6.20 Å². The van der Waals surface area contributed by atoms with E-state index in [0.29, 0.717) is 17.4 Å². The summed E-state index contributed by atoms with van der Waals surface area (Å²) in [7, 11) is 0. The van der Waals surface area contributed by atoms with Crippen LogP contribution in [-0.4, -0.2) is 20.2 Å². The molecule has 9 heteroatoms. The van der Waals surface area contributed by atoms with Crippen molar-refractivity contribution in [3.8, 4) is 0 Å². The zero-order chi connectivity index (χ0) is 14.1. The van der Waals surface area contributed by atoms with Gasteiger partial charge < -0.3 is 5.32 Å². The van der Waals surface area contributed by atoms with Crippen molar-refractivity contribution in [3.63, 3.8) is 0 Å². The molecule has 102 valence electrons. The maximum absolute atomic E-state index is 5.37. The van der Waals surface area contributed by atoms with Gasteiger partial charge in [-0.3, -0.25) is 10.5 Å². The fourth-order valence-corrected chi connectivity index (χ4v) is 2.42. The van der Waals surface area contributed by atoms with Crippen LogP contribution in [0.5, 0.6) is 0 Å². The van der Waals surface area contributed by atoms with Crippen LogP contribution in [0.25, 0.3) is 11.0 Å². The Kier molecular flexibility index (Phi) is 3.55. The number of hydrogen-bond donors (Lipinski definition) is 4. The third-order valence-electron chi connectivity index (χ3n) is 2.62. The first-order valence-electron chi connectivity index (χ1n) is 5.57. The summed E-state index contributed by atoms with van der Waals surface area (Å²) < 4.78 is 1.87. The SMILES string of the molecule is NNc1nc(Nc2cc(Br)ccc2Br)c2cn[nH]c2n1. The number of nitrogens with zero attached hydrogens (tertiary/aromatic N) is 3. The Morgan fingerprint density at radius 1 is 1.20 bits per heavy atom. The molecule has 0 saturated heterocycles. The van der Waals surface area contributed by atoms with Crippen molar-refractivity contribution >= 4 is 60.3 Å². The van der Waals surface area contributed by atoms with Gasteiger partial charge in [0, 0.05) is 8.95 Å². The van der Waals surface area contributed by atoms with Crippen LogP contribution in [-0.2, 0) is 0 Å². The Morgan fingerprint density at radius 2 is 2.05 bits per heavy atom. The zero-order valence-corrected chi connectivity index (χ0v) is 13.2. The van der Waals surface area contributed by atoms with Crippen LogP contribution in [0.4, 0.5) is 17.5 Å². The predicted molar refractivity (Wildman–Crippen MR) is 84.6 cm³/mol. The van der Waals surface area contributed by atoms with E-state index in [9.17, 15) is 0 Å². The van der Waals surface area contributed by atoms with Gasteiger partial charge in [-0.25, -0.2) is 5.84 Å². The molecule has 0 fully saturated rings. The minimum atomic E-state index is 0.301. The summed E-state index contributed by atoms with van der Waals surface area (Å²) in [5.41, 5.74) is 3.89. The van der Waals surface area contributed by atoms with Gasteiger partial charge in [-0.05, 0) is 34.1 Å². The molecule has 2 aromatic heterocycles. The molecule has 0 aliphatic heterocycles. The second kappa shape index (κ2) is 5.35. The molecule has 0 aliphatic carbocycles. The fraction of sp³-hybridized carbons (Fsp3) is 0. The van der Waals surface area contributed by atoms with E-state index in [1.165, 1.54) is 0 Å². The highest BCUT2D eigenvalue weighted by molar-refractivity contribution is 9.11. The van der Waals surface area contributed by atoms with E-state index in [-0.39, 0.29) is 0 Å². The summed E-state index contributed by atoms with van der Waals surface area (Å²) in [6, 6.07) is 5.81. The number of H-pyrrole nitrogens is 1. The van der Waals surface area contributed by atoms with Crippen molar-refractivity contribution in [2.75, 3.05) is 10.7 Å². The van der Waals surface area contributed by atoms with Crippen molar-refractivity contribution in [2.24, 2.45) is 5.84 Å². The van der Waals surface area contributed by atoms with Gasteiger partial charge >= 0.3 is 0 Å². The average Bonchev–Trinajstić information content (AvgIpc) is 2.91. The molecule has 0 amide bonds. The van der Waals surface area contributed by atoms with Crippen LogP contribution in [0.1, 0.15) is 0 Å². The monoisotopic (exact) mass is 397 g/mol. The lowest BCUT2D eigenvalue weighted by molar-refractivity contribution is 1.08. The summed E-state index contributed by atoms with van der Waals surface area (Å²) in [6.07, 6.45) is 1.66. The molecule has 0 spiro atoms. The molecule has 2 heterocycles. The van der Waals surface area contributed by atoms with Gasteiger partial charge in [0.15, 0.2) is 5.65 Å². The van der Waals surface area contributed by atoms with Gasteiger partial charge in [0.1, 0.15) is 5.82 Å². The van der Waals surface area contributed by atoms with Crippen molar-refractivity contribution in [2.45, 2.75) is 0 Å². The van der Waals surface area contributed by atoms with Crippen molar-refractivity contribution in [1.29, 1.82) is 0 Å². The molecule has 7 nitrogen and oxygen atoms in total. The number of anilines is 3. The van der Waals surface area contributed by atoms with Crippen molar-refractivity contribution < 1.29 is 0 Å². The summed E-state index contributed by atoms with van der Waals surface area (Å²) in [5.74, 6) is 6.28. The third-order valence-corrected chi connectivity index (χ3v) is 3.81. The van der Waals surface area contributed by atoms with Crippen molar-refractivity contribution in [1.82, 2.24) is 20.2 Å². The highest BCUT2D eigenvalue weighted by Gasteiger charge is 2.10. The summed E-state index contributed by atoms with van der Waals surface area (Å²) >= 11 is 6.92. The number of nitrogens with one attached hydrogen (secondary N) is 3. The Hall–Kier alpha value is -1.71. The normalized spacial score (nSPS) is 10.8. The van der Waals surface area contributed by atoms with Gasteiger partial charge in [-0.15, -0.1) is 0 Å². The zero-order valence-electron chi connectivity index (χ0n) is 9.98. The predicted octanol–water partition coefficient (Wildman–Crippen LogP) is 2.91. The number of nitrogens with two attached hydrogens (primary N) is 1. The maximum atomic E-state index is 5.37. The number of hydrogen-bond acceptors (Lipinski definition) is 6. The Morgan fingerprint density at radius 3 is 2.85 bits per heavy atom. The number of benzene rings is 1. The average molecular weight is 399 g/mol. The second-order valence-electron chi connectivity index (χ2n) is 3.92. The molecular weight excluding hydrogens is 390 g/mol. The summed E-state index contributed by atoms with van der Waals surface area (Å²) in [6.45, 7) is 0. The highest BCUT2D eigenvalue weighted by atomic mass is 79.9. The standard InChI is InChI=1S/C11H9Br2N7/c12-5-1-2-7(13)8(3-5)16-9-6-4-15-20-10(6)18-11(17-9)19-14/h1-4H,14H2,(H3,15,16,17,18,19,20). The minimum absolute atomic E-state index is 0.301. The second-order valence-corrected chi connectivity index (χ2v) is 5.69. The van der Waals surface area contributed by atoms with Crippen LogP contribution in [0.2, 0.25) is 0 Å². The Bertz CT molecular complexity index is 771. The van der Waals surface area contributed by atoms with Gasteiger partial charge in [0.05, 0.1) is 17.3 Å². The molecule has 1 aromatic carbocycles. The lowest BCUT2D eigenvalue weighted by Gasteiger charge is -2.10. The number of rotatable bonds is 3. The molecule has 0 radical (unpaired) electrons. The third kappa shape index (κ3) is 2.47. The van der Waals surface area contributed by atoms with E-state index < -0.39 is 0 Å². The number of nitrogen functional groups attached to an aromatic ring is 1. The van der Waals surface area contributed by atoms with E-state index >= 15 is 0 Å². The maximum Gasteiger partial charge on any atom is 0.241 e. The van der Waals surface area contributed by atoms with Crippen molar-refractivity contribution in [3.05, 3.63) is 33.3 Å². The van der Waals surface area contributed by atoms with Crippen LogP contribution < -0.4 is 16.6 Å². The van der Waals surface area contributed by atoms with Crippen LogP contribution in [0.3, 0.4) is 0 Å². The smallest absolute Gasteiger partial charge is 0.241 e. The number of aromatic nitrogens is 4. The molecule has 20 heavy (non-hydrogen) atoms. The highest BCUT2D eigenvalue weighted by Crippen LogP contribution is 2.30. The van der Waals surface area contributed by atoms with E-state index in [2.05, 4.69) is 62.8 Å². The molecule has 5 N–H and O–H groups in total.